The molecule has 0 saturated carbocycles. The Bertz CT molecular complexity index is 1230. The molecular formula is C28H37N7O3. The van der Waals surface area contributed by atoms with Crippen LogP contribution in [0.1, 0.15) is 50.4 Å². The van der Waals surface area contributed by atoms with Crippen molar-refractivity contribution >= 4 is 11.7 Å². The van der Waals surface area contributed by atoms with E-state index in [9.17, 15) is 4.79 Å². The second-order valence-corrected chi connectivity index (χ2v) is 10.0. The molecule has 2 atom stereocenters. The number of imidazole rings is 1. The number of unbranched alkanes of at least 4 members (excludes halogenated alkanes) is 1. The van der Waals surface area contributed by atoms with Gasteiger partial charge in [-0.05, 0) is 44.5 Å². The Morgan fingerprint density at radius 1 is 1.16 bits per heavy atom. The van der Waals surface area contributed by atoms with Gasteiger partial charge in [-0.2, -0.15) is 4.98 Å². The molecule has 3 aromatic rings. The fourth-order valence-corrected chi connectivity index (χ4v) is 5.08. The first kappa shape index (κ1) is 26.0. The van der Waals surface area contributed by atoms with E-state index in [2.05, 4.69) is 32.0 Å². The Kier molecular flexibility index (Phi) is 8.07. The summed E-state index contributed by atoms with van der Waals surface area (Å²) in [6.07, 6.45) is 7.93. The zero-order valence-corrected chi connectivity index (χ0v) is 22.5. The van der Waals surface area contributed by atoms with Crippen molar-refractivity contribution in [3.63, 3.8) is 0 Å². The molecule has 0 spiro atoms. The Labute approximate surface area is 224 Å². The number of nitrogens with zero attached hydrogens (tertiary/aromatic N) is 6. The number of anilines is 1. The molecule has 1 amide bonds. The lowest BCUT2D eigenvalue weighted by atomic mass is 10.0. The van der Waals surface area contributed by atoms with E-state index in [0.717, 1.165) is 67.6 Å². The van der Waals surface area contributed by atoms with Crippen LogP contribution >= 0.6 is 0 Å². The number of fused-ring (bicyclic) bond motifs is 1. The molecule has 202 valence electrons. The number of nitrogens with one attached hydrogen (secondary N) is 1. The second kappa shape index (κ2) is 11.8. The van der Waals surface area contributed by atoms with Gasteiger partial charge in [0.05, 0.1) is 12.1 Å². The fourth-order valence-electron chi connectivity index (χ4n) is 5.08. The lowest BCUT2D eigenvalue weighted by molar-refractivity contribution is -0.122. The van der Waals surface area contributed by atoms with Crippen molar-refractivity contribution in [2.45, 2.75) is 52.1 Å². The average Bonchev–Trinajstić information content (AvgIpc) is 3.46. The third kappa shape index (κ3) is 6.07. The van der Waals surface area contributed by atoms with Crippen molar-refractivity contribution in [1.29, 1.82) is 0 Å². The first-order valence-electron chi connectivity index (χ1n) is 13.5. The predicted octanol–water partition coefficient (Wildman–Crippen LogP) is 3.30. The van der Waals surface area contributed by atoms with Gasteiger partial charge in [-0.25, -0.2) is 9.97 Å². The molecule has 2 aromatic heterocycles. The summed E-state index contributed by atoms with van der Waals surface area (Å²) >= 11 is 0. The molecule has 0 bridgehead atoms. The van der Waals surface area contributed by atoms with Crippen LogP contribution in [0.5, 0.6) is 11.5 Å². The van der Waals surface area contributed by atoms with Crippen molar-refractivity contribution in [2.75, 3.05) is 44.3 Å². The summed E-state index contributed by atoms with van der Waals surface area (Å²) in [5.41, 5.74) is 1.87. The van der Waals surface area contributed by atoms with Gasteiger partial charge < -0.3 is 19.7 Å². The molecule has 4 heterocycles. The molecule has 2 unspecified atom stereocenters. The van der Waals surface area contributed by atoms with Gasteiger partial charge in [0, 0.05) is 50.2 Å². The number of rotatable bonds is 9. The van der Waals surface area contributed by atoms with Gasteiger partial charge in [0.1, 0.15) is 25.4 Å². The molecule has 38 heavy (non-hydrogen) atoms. The van der Waals surface area contributed by atoms with Gasteiger partial charge in [-0.15, -0.1) is 0 Å². The molecule has 1 N–H and O–H groups in total. The maximum Gasteiger partial charge on any atom is 0.237 e. The Hall–Kier alpha value is -3.66. The van der Waals surface area contributed by atoms with E-state index in [0.29, 0.717) is 25.6 Å². The standard InChI is InChI=1S/C28H37N7O3/c1-4-5-9-33-11-12-35(26-15-20(2)30-28(32-26)34-10-8-29-19-34)23(18-33)17-27(36)31-21(3)22-6-7-24-25(16-22)38-14-13-37-24/h6-8,10,15-16,19,21,23H,4-5,9,11-14,17-18H2,1-3H3,(H,31,36). The maximum absolute atomic E-state index is 13.3. The number of carbonyl (C=O) groups is 1. The van der Waals surface area contributed by atoms with Crippen molar-refractivity contribution in [3.05, 3.63) is 54.2 Å². The highest BCUT2D eigenvalue weighted by atomic mass is 16.6. The summed E-state index contributed by atoms with van der Waals surface area (Å²) in [6, 6.07) is 7.71. The topological polar surface area (TPSA) is 97.6 Å². The van der Waals surface area contributed by atoms with Gasteiger partial charge >= 0.3 is 0 Å². The molecule has 2 aliphatic rings. The maximum atomic E-state index is 13.3. The molecule has 0 aliphatic carbocycles. The zero-order valence-electron chi connectivity index (χ0n) is 22.5. The van der Waals surface area contributed by atoms with E-state index in [1.54, 1.807) is 12.5 Å². The minimum atomic E-state index is -0.152. The number of benzene rings is 1. The molecule has 1 aromatic carbocycles. The van der Waals surface area contributed by atoms with Gasteiger partial charge in [-0.3, -0.25) is 14.3 Å². The molecule has 10 nitrogen and oxygen atoms in total. The molecular weight excluding hydrogens is 482 g/mol. The summed E-state index contributed by atoms with van der Waals surface area (Å²) in [7, 11) is 0. The highest BCUT2D eigenvalue weighted by Crippen LogP contribution is 2.32. The third-order valence-electron chi connectivity index (χ3n) is 7.12. The number of aromatic nitrogens is 4. The number of carbonyl (C=O) groups excluding carboxylic acids is 1. The van der Waals surface area contributed by atoms with E-state index in [-0.39, 0.29) is 18.0 Å². The number of amides is 1. The minimum absolute atomic E-state index is 0.00184. The van der Waals surface area contributed by atoms with Crippen LogP contribution in [0, 0.1) is 6.92 Å². The second-order valence-electron chi connectivity index (χ2n) is 10.0. The largest absolute Gasteiger partial charge is 0.486 e. The van der Waals surface area contributed by atoms with Crippen molar-refractivity contribution in [3.8, 4) is 17.4 Å². The number of hydrogen-bond donors (Lipinski definition) is 1. The SMILES string of the molecule is CCCCN1CCN(c2cc(C)nc(-n3ccnc3)n2)C(CC(=O)NC(C)c2ccc3c(c2)OCCO3)C1. The number of ether oxygens (including phenoxy) is 2. The predicted molar refractivity (Wildman–Crippen MR) is 145 cm³/mol. The number of hydrogen-bond acceptors (Lipinski definition) is 8. The lowest BCUT2D eigenvalue weighted by Crippen LogP contribution is -2.55. The first-order chi connectivity index (χ1) is 18.5. The van der Waals surface area contributed by atoms with E-state index >= 15 is 0 Å². The van der Waals surface area contributed by atoms with Crippen molar-refractivity contribution < 1.29 is 14.3 Å². The van der Waals surface area contributed by atoms with Crippen LogP contribution in [0.3, 0.4) is 0 Å². The molecule has 1 fully saturated rings. The van der Waals surface area contributed by atoms with Crippen molar-refractivity contribution in [2.24, 2.45) is 0 Å². The Morgan fingerprint density at radius 3 is 2.79 bits per heavy atom. The molecule has 5 rings (SSSR count). The smallest absolute Gasteiger partial charge is 0.237 e. The number of aryl methyl sites for hydroxylation is 1. The molecule has 1 saturated heterocycles. The van der Waals surface area contributed by atoms with Crippen molar-refractivity contribution in [1.82, 2.24) is 29.7 Å². The average molecular weight is 520 g/mol. The highest BCUT2D eigenvalue weighted by molar-refractivity contribution is 5.77. The zero-order chi connectivity index (χ0) is 26.5. The van der Waals surface area contributed by atoms with Gasteiger partial charge in [0.25, 0.3) is 0 Å². The van der Waals surface area contributed by atoms with Crippen LogP contribution in [0.25, 0.3) is 5.95 Å². The Balaban J connectivity index is 1.32. The summed E-state index contributed by atoms with van der Waals surface area (Å²) in [4.78, 5) is 31.7. The Morgan fingerprint density at radius 2 is 2.00 bits per heavy atom. The third-order valence-corrected chi connectivity index (χ3v) is 7.12. The van der Waals surface area contributed by atoms with E-state index in [4.69, 9.17) is 14.5 Å². The first-order valence-corrected chi connectivity index (χ1v) is 13.5. The van der Waals surface area contributed by atoms with Crippen LogP contribution in [0.15, 0.2) is 43.0 Å². The molecule has 2 aliphatic heterocycles. The molecule has 0 radical (unpaired) electrons. The lowest BCUT2D eigenvalue weighted by Gasteiger charge is -2.42. The van der Waals surface area contributed by atoms with E-state index in [1.807, 2.05) is 48.9 Å². The van der Waals surface area contributed by atoms with Crippen LogP contribution in [-0.2, 0) is 4.79 Å². The van der Waals surface area contributed by atoms with Gasteiger partial charge in [-0.1, -0.05) is 19.4 Å². The number of piperazine rings is 1. The summed E-state index contributed by atoms with van der Waals surface area (Å²) < 4.78 is 13.2. The summed E-state index contributed by atoms with van der Waals surface area (Å²) in [5.74, 6) is 2.92. The highest BCUT2D eigenvalue weighted by Gasteiger charge is 2.30. The quantitative estimate of drug-likeness (QED) is 0.460. The normalized spacial score (nSPS) is 18.3. The monoisotopic (exact) mass is 519 g/mol. The van der Waals surface area contributed by atoms with Crippen LogP contribution in [0.2, 0.25) is 0 Å². The van der Waals surface area contributed by atoms with E-state index < -0.39 is 0 Å². The minimum Gasteiger partial charge on any atom is -0.486 e. The summed E-state index contributed by atoms with van der Waals surface area (Å²) in [5, 5.41) is 3.20. The van der Waals surface area contributed by atoms with Crippen LogP contribution in [0.4, 0.5) is 5.82 Å². The van der Waals surface area contributed by atoms with Crippen LogP contribution < -0.4 is 19.7 Å². The summed E-state index contributed by atoms with van der Waals surface area (Å²) in [6.45, 7) is 10.9. The van der Waals surface area contributed by atoms with Gasteiger partial charge in [0.15, 0.2) is 11.5 Å². The van der Waals surface area contributed by atoms with Crippen LogP contribution in [-0.4, -0.2) is 75.8 Å². The fraction of sp³-hybridized carbons (Fsp3) is 0.500. The van der Waals surface area contributed by atoms with E-state index in [1.165, 1.54) is 0 Å². The van der Waals surface area contributed by atoms with Gasteiger partial charge in [0.2, 0.25) is 11.9 Å². The molecule has 10 heteroatoms.